The van der Waals surface area contributed by atoms with Crippen LogP contribution in [0.4, 0.5) is 0 Å². The van der Waals surface area contributed by atoms with Gasteiger partial charge in [-0.1, -0.05) is 54.2 Å². The number of rotatable bonds is 9. The molecular formula is C21H22N2O3S2. The molecule has 0 spiro atoms. The molecule has 0 aliphatic heterocycles. The fourth-order valence-electron chi connectivity index (χ4n) is 2.53. The highest BCUT2D eigenvalue weighted by atomic mass is 32.2. The van der Waals surface area contributed by atoms with Gasteiger partial charge in [0, 0.05) is 18.7 Å². The van der Waals surface area contributed by atoms with Crippen molar-refractivity contribution in [1.29, 1.82) is 0 Å². The molecule has 3 aromatic rings. The number of aromatic nitrogens is 1. The number of thioether (sulfide) groups is 1. The third-order valence-electron chi connectivity index (χ3n) is 4.01. The highest BCUT2D eigenvalue weighted by molar-refractivity contribution is 8.01. The lowest BCUT2D eigenvalue weighted by atomic mass is 10.2. The molecule has 7 heteroatoms. The highest BCUT2D eigenvalue weighted by Gasteiger charge is 2.17. The molecular weight excluding hydrogens is 392 g/mol. The fourth-order valence-corrected chi connectivity index (χ4v) is 4.61. The largest absolute Gasteiger partial charge is 0.453 e. The number of amides is 1. The normalized spacial score (nSPS) is 11.9. The molecule has 0 fully saturated rings. The Hall–Kier alpha value is -2.38. The second kappa shape index (κ2) is 10.2. The maximum absolute atomic E-state index is 12.1. The summed E-state index contributed by atoms with van der Waals surface area (Å²) < 4.78 is 7.40. The monoisotopic (exact) mass is 414 g/mol. The maximum Gasteiger partial charge on any atom is 0.306 e. The van der Waals surface area contributed by atoms with E-state index in [0.29, 0.717) is 13.0 Å². The van der Waals surface area contributed by atoms with Crippen molar-refractivity contribution in [2.75, 3.05) is 5.75 Å². The summed E-state index contributed by atoms with van der Waals surface area (Å²) in [4.78, 5) is 28.6. The summed E-state index contributed by atoms with van der Waals surface area (Å²) in [5.74, 6) is 0.136. The van der Waals surface area contributed by atoms with Gasteiger partial charge in [0.25, 0.3) is 5.91 Å². The quantitative estimate of drug-likeness (QED) is 0.319. The number of carbonyl (C=O) groups is 2. The summed E-state index contributed by atoms with van der Waals surface area (Å²) in [6, 6.07) is 17.6. The lowest BCUT2D eigenvalue weighted by Gasteiger charge is -2.13. The Bertz CT molecular complexity index is 895. The number of esters is 1. The minimum Gasteiger partial charge on any atom is -0.453 e. The van der Waals surface area contributed by atoms with Crippen molar-refractivity contribution in [2.45, 2.75) is 36.8 Å². The molecule has 0 saturated carbocycles. The number of hydrogen-bond donors (Lipinski definition) is 1. The first kappa shape index (κ1) is 20.4. The van der Waals surface area contributed by atoms with Gasteiger partial charge in [-0.2, -0.15) is 0 Å². The number of hydrogen-bond acceptors (Lipinski definition) is 6. The van der Waals surface area contributed by atoms with Crippen LogP contribution in [0.5, 0.6) is 0 Å². The summed E-state index contributed by atoms with van der Waals surface area (Å²) in [6.07, 6.45) is 0.166. The molecule has 1 heterocycles. The smallest absolute Gasteiger partial charge is 0.306 e. The van der Waals surface area contributed by atoms with Crippen LogP contribution in [0.1, 0.15) is 25.3 Å². The van der Waals surface area contributed by atoms with E-state index in [-0.39, 0.29) is 18.3 Å². The van der Waals surface area contributed by atoms with Gasteiger partial charge in [-0.25, -0.2) is 4.98 Å². The van der Waals surface area contributed by atoms with Crippen LogP contribution in [0.2, 0.25) is 0 Å². The molecule has 146 valence electrons. The minimum absolute atomic E-state index is 0.286. The van der Waals surface area contributed by atoms with Crippen molar-refractivity contribution in [2.24, 2.45) is 0 Å². The number of nitrogens with one attached hydrogen (secondary N) is 1. The molecule has 0 saturated heterocycles. The van der Waals surface area contributed by atoms with E-state index in [1.807, 2.05) is 48.5 Å². The first-order valence-electron chi connectivity index (χ1n) is 9.11. The third-order valence-corrected chi connectivity index (χ3v) is 6.28. The van der Waals surface area contributed by atoms with Crippen molar-refractivity contribution in [3.63, 3.8) is 0 Å². The van der Waals surface area contributed by atoms with Crippen molar-refractivity contribution >= 4 is 45.2 Å². The molecule has 0 radical (unpaired) electrons. The van der Waals surface area contributed by atoms with Gasteiger partial charge in [0.2, 0.25) is 0 Å². The first-order valence-corrected chi connectivity index (χ1v) is 10.9. The van der Waals surface area contributed by atoms with Crippen LogP contribution < -0.4 is 5.32 Å². The van der Waals surface area contributed by atoms with Crippen LogP contribution in [0.25, 0.3) is 10.2 Å². The van der Waals surface area contributed by atoms with Crippen LogP contribution >= 0.6 is 23.1 Å². The lowest BCUT2D eigenvalue weighted by molar-refractivity contribution is -0.154. The molecule has 0 aliphatic rings. The molecule has 1 atom stereocenters. The Kier molecular flexibility index (Phi) is 7.45. The first-order chi connectivity index (χ1) is 13.6. The van der Waals surface area contributed by atoms with E-state index in [9.17, 15) is 9.59 Å². The molecule has 1 aromatic heterocycles. The van der Waals surface area contributed by atoms with E-state index < -0.39 is 6.10 Å². The van der Waals surface area contributed by atoms with Crippen molar-refractivity contribution in [3.8, 4) is 0 Å². The number of benzene rings is 2. The number of carbonyl (C=O) groups excluding carboxylic acids is 2. The average molecular weight is 415 g/mol. The summed E-state index contributed by atoms with van der Waals surface area (Å²) in [5.41, 5.74) is 2.01. The average Bonchev–Trinajstić information content (AvgIpc) is 3.13. The Morgan fingerprint density at radius 2 is 1.89 bits per heavy atom. The number of nitrogens with zero attached hydrogens (tertiary/aromatic N) is 1. The van der Waals surface area contributed by atoms with Gasteiger partial charge in [0.1, 0.15) is 0 Å². The Labute approximate surface area is 172 Å². The van der Waals surface area contributed by atoms with E-state index >= 15 is 0 Å². The molecule has 0 unspecified atom stereocenters. The summed E-state index contributed by atoms with van der Waals surface area (Å²) in [7, 11) is 0. The van der Waals surface area contributed by atoms with Gasteiger partial charge in [-0.15, -0.1) is 11.3 Å². The molecule has 5 nitrogen and oxygen atoms in total. The third kappa shape index (κ3) is 6.07. The molecule has 0 aliphatic carbocycles. The zero-order valence-corrected chi connectivity index (χ0v) is 17.2. The Morgan fingerprint density at radius 1 is 1.14 bits per heavy atom. The van der Waals surface area contributed by atoms with Crippen molar-refractivity contribution < 1.29 is 14.3 Å². The molecule has 2 aromatic carbocycles. The van der Waals surface area contributed by atoms with Crippen LogP contribution in [0.15, 0.2) is 58.9 Å². The number of fused-ring (bicyclic) bond motifs is 1. The van der Waals surface area contributed by atoms with Gasteiger partial charge in [0.05, 0.1) is 10.2 Å². The van der Waals surface area contributed by atoms with Crippen molar-refractivity contribution in [3.05, 3.63) is 60.2 Å². The summed E-state index contributed by atoms with van der Waals surface area (Å²) in [5, 5.41) is 2.78. The predicted molar refractivity (Wildman–Crippen MR) is 113 cm³/mol. The Balaban J connectivity index is 1.33. The van der Waals surface area contributed by atoms with Crippen LogP contribution in [-0.2, 0) is 20.9 Å². The van der Waals surface area contributed by atoms with E-state index in [2.05, 4.69) is 16.4 Å². The SMILES string of the molecule is C[C@H](OC(=O)CCCSc1nc2ccccc2s1)C(=O)NCc1ccccc1. The lowest BCUT2D eigenvalue weighted by Crippen LogP contribution is -2.35. The van der Waals surface area contributed by atoms with Crippen LogP contribution in [0.3, 0.4) is 0 Å². The number of thiazole rings is 1. The van der Waals surface area contributed by atoms with Gasteiger partial charge >= 0.3 is 5.97 Å². The van der Waals surface area contributed by atoms with Crippen LogP contribution in [0, 0.1) is 0 Å². The maximum atomic E-state index is 12.1. The van der Waals surface area contributed by atoms with E-state index in [4.69, 9.17) is 4.74 Å². The highest BCUT2D eigenvalue weighted by Crippen LogP contribution is 2.29. The van der Waals surface area contributed by atoms with Crippen molar-refractivity contribution in [1.82, 2.24) is 10.3 Å². The van der Waals surface area contributed by atoms with Gasteiger partial charge in [-0.3, -0.25) is 9.59 Å². The van der Waals surface area contributed by atoms with Gasteiger partial charge in [-0.05, 0) is 31.0 Å². The van der Waals surface area contributed by atoms with Gasteiger partial charge < -0.3 is 10.1 Å². The van der Waals surface area contributed by atoms with E-state index in [1.54, 1.807) is 30.0 Å². The zero-order chi connectivity index (χ0) is 19.8. The van der Waals surface area contributed by atoms with Crippen LogP contribution in [-0.4, -0.2) is 28.7 Å². The molecule has 28 heavy (non-hydrogen) atoms. The molecule has 0 bridgehead atoms. The second-order valence-electron chi connectivity index (χ2n) is 6.24. The molecule has 1 amide bonds. The fraction of sp³-hybridized carbons (Fsp3) is 0.286. The van der Waals surface area contributed by atoms with E-state index in [1.165, 1.54) is 4.70 Å². The molecule has 3 rings (SSSR count). The van der Waals surface area contributed by atoms with E-state index in [0.717, 1.165) is 21.2 Å². The second-order valence-corrected chi connectivity index (χ2v) is 8.61. The molecule has 1 N–H and O–H groups in total. The van der Waals surface area contributed by atoms with Gasteiger partial charge in [0.15, 0.2) is 10.4 Å². The Morgan fingerprint density at radius 3 is 2.68 bits per heavy atom. The summed E-state index contributed by atoms with van der Waals surface area (Å²) >= 11 is 3.30. The standard InChI is InChI=1S/C21H22N2O3S2/c1-15(20(25)22-14-16-8-3-2-4-9-16)26-19(24)12-7-13-27-21-23-17-10-5-6-11-18(17)28-21/h2-6,8-11,15H,7,12-14H2,1H3,(H,22,25)/t15-/m0/s1. The summed E-state index contributed by atoms with van der Waals surface area (Å²) in [6.45, 7) is 2.01. The zero-order valence-electron chi connectivity index (χ0n) is 15.6. The number of para-hydroxylation sites is 1. The predicted octanol–water partition coefficient (Wildman–Crippen LogP) is 4.42. The topological polar surface area (TPSA) is 68.3 Å². The minimum atomic E-state index is -0.798. The number of ether oxygens (including phenoxy) is 1.